The number of halogens is 1. The van der Waals surface area contributed by atoms with Gasteiger partial charge in [0, 0.05) is 36.0 Å². The molecule has 0 radical (unpaired) electrons. The Hall–Kier alpha value is -3.07. The third-order valence-corrected chi connectivity index (χ3v) is 2.84. The molecular formula is C12H8ClN5O4. The van der Waals surface area contributed by atoms with Crippen LogP contribution in [-0.2, 0) is 0 Å². The molecule has 0 saturated carbocycles. The molecule has 0 bridgehead atoms. The zero-order chi connectivity index (χ0) is 16.1. The molecule has 0 aliphatic carbocycles. The lowest BCUT2D eigenvalue weighted by atomic mass is 10.3. The van der Waals surface area contributed by atoms with Crippen molar-refractivity contribution in [1.82, 2.24) is 0 Å². The Kier molecular flexibility index (Phi) is 4.59. The van der Waals surface area contributed by atoms with Crippen molar-refractivity contribution in [1.29, 1.82) is 0 Å². The Morgan fingerprint density at radius 1 is 0.864 bits per heavy atom. The monoisotopic (exact) mass is 321 g/mol. The number of anilines is 1. The normalized spacial score (nSPS) is 10.6. The summed E-state index contributed by atoms with van der Waals surface area (Å²) < 4.78 is 0.908. The van der Waals surface area contributed by atoms with Crippen LogP contribution in [0, 0.1) is 20.2 Å². The van der Waals surface area contributed by atoms with Gasteiger partial charge in [0.15, 0.2) is 0 Å². The average Bonchev–Trinajstić information content (AvgIpc) is 2.53. The zero-order valence-electron chi connectivity index (χ0n) is 10.9. The summed E-state index contributed by atoms with van der Waals surface area (Å²) in [5.41, 5.74) is 0.634. The molecule has 0 aliphatic rings. The summed E-state index contributed by atoms with van der Waals surface area (Å²) in [6.07, 6.45) is 0. The highest BCUT2D eigenvalue weighted by molar-refractivity contribution is 6.25. The molecule has 2 aromatic carbocycles. The number of nitro groups is 2. The molecule has 0 aliphatic heterocycles. The topological polar surface area (TPSA) is 114 Å². The van der Waals surface area contributed by atoms with E-state index in [1.165, 1.54) is 48.5 Å². The molecule has 0 saturated heterocycles. The lowest BCUT2D eigenvalue weighted by Gasteiger charge is -2.06. The lowest BCUT2D eigenvalue weighted by molar-refractivity contribution is -0.385. The van der Waals surface area contributed by atoms with Gasteiger partial charge in [-0.25, -0.2) is 0 Å². The van der Waals surface area contributed by atoms with Crippen molar-refractivity contribution in [3.8, 4) is 0 Å². The van der Waals surface area contributed by atoms with Gasteiger partial charge in [-0.3, -0.25) is 20.2 Å². The SMILES string of the molecule is O=[N+]([O-])c1ccc(N=NN(Cl)c2ccc([N+](=O)[O-])cc2)cc1. The molecule has 2 rings (SSSR count). The summed E-state index contributed by atoms with van der Waals surface area (Å²) in [4.78, 5) is 20.0. The lowest BCUT2D eigenvalue weighted by Crippen LogP contribution is -1.99. The maximum atomic E-state index is 10.5. The van der Waals surface area contributed by atoms with E-state index in [0.717, 1.165) is 4.53 Å². The first-order valence-electron chi connectivity index (χ1n) is 5.84. The first-order chi connectivity index (χ1) is 10.5. The van der Waals surface area contributed by atoms with E-state index in [9.17, 15) is 20.2 Å². The van der Waals surface area contributed by atoms with Crippen LogP contribution in [0.5, 0.6) is 0 Å². The highest BCUT2D eigenvalue weighted by Gasteiger charge is 2.08. The number of non-ortho nitro benzene ring substituents is 2. The Balaban J connectivity index is 2.08. The fourth-order valence-electron chi connectivity index (χ4n) is 1.48. The standard InChI is InChI=1S/C12H8ClN5O4/c13-16(10-5-7-12(8-6-10)18(21)22)15-14-9-1-3-11(4-2-9)17(19)20/h1-8H. The molecular weight excluding hydrogens is 314 g/mol. The van der Waals surface area contributed by atoms with E-state index >= 15 is 0 Å². The van der Waals surface area contributed by atoms with Crippen LogP contribution in [-0.4, -0.2) is 9.85 Å². The number of rotatable bonds is 5. The summed E-state index contributed by atoms with van der Waals surface area (Å²) in [7, 11) is 0. The Morgan fingerprint density at radius 3 is 1.77 bits per heavy atom. The van der Waals surface area contributed by atoms with Gasteiger partial charge in [-0.05, 0) is 29.5 Å². The molecule has 0 unspecified atom stereocenters. The first-order valence-corrected chi connectivity index (χ1v) is 6.17. The van der Waals surface area contributed by atoms with Crippen LogP contribution < -0.4 is 4.53 Å². The molecule has 0 atom stereocenters. The number of hydrogen-bond acceptors (Lipinski definition) is 6. The first kappa shape index (κ1) is 15.3. The summed E-state index contributed by atoms with van der Waals surface area (Å²) >= 11 is 5.86. The third kappa shape index (κ3) is 3.73. The van der Waals surface area contributed by atoms with Crippen LogP contribution >= 0.6 is 11.8 Å². The van der Waals surface area contributed by atoms with E-state index < -0.39 is 9.85 Å². The van der Waals surface area contributed by atoms with Crippen LogP contribution in [0.25, 0.3) is 0 Å². The summed E-state index contributed by atoms with van der Waals surface area (Å²) in [6.45, 7) is 0. The minimum atomic E-state index is -0.527. The predicted octanol–water partition coefficient (Wildman–Crippen LogP) is 4.16. The van der Waals surface area contributed by atoms with Crippen LogP contribution in [0.1, 0.15) is 0 Å². The predicted molar refractivity (Wildman–Crippen MR) is 79.0 cm³/mol. The largest absolute Gasteiger partial charge is 0.269 e. The maximum Gasteiger partial charge on any atom is 0.269 e. The fourth-order valence-corrected chi connectivity index (χ4v) is 1.63. The van der Waals surface area contributed by atoms with Gasteiger partial charge in [0.25, 0.3) is 11.4 Å². The summed E-state index contributed by atoms with van der Waals surface area (Å²) in [6, 6.07) is 10.8. The quantitative estimate of drug-likeness (QED) is 0.355. The maximum absolute atomic E-state index is 10.5. The summed E-state index contributed by atoms with van der Waals surface area (Å²) in [5.74, 6) is 0. The van der Waals surface area contributed by atoms with Gasteiger partial charge in [0.1, 0.15) is 0 Å². The van der Waals surface area contributed by atoms with Crippen molar-refractivity contribution in [3.05, 3.63) is 68.8 Å². The van der Waals surface area contributed by atoms with E-state index in [1.807, 2.05) is 0 Å². The zero-order valence-corrected chi connectivity index (χ0v) is 11.6. The Morgan fingerprint density at radius 2 is 1.32 bits per heavy atom. The Bertz CT molecular complexity index is 717. The van der Waals surface area contributed by atoms with E-state index in [-0.39, 0.29) is 11.4 Å². The molecule has 10 heteroatoms. The van der Waals surface area contributed by atoms with E-state index in [1.54, 1.807) is 0 Å². The fraction of sp³-hybridized carbons (Fsp3) is 0. The van der Waals surface area contributed by atoms with Gasteiger partial charge in [0.05, 0.1) is 21.2 Å². The molecule has 22 heavy (non-hydrogen) atoms. The average molecular weight is 322 g/mol. The molecule has 0 N–H and O–H groups in total. The molecule has 0 aromatic heterocycles. The van der Waals surface area contributed by atoms with Crippen LogP contribution in [0.4, 0.5) is 22.7 Å². The van der Waals surface area contributed by atoms with Crippen LogP contribution in [0.3, 0.4) is 0 Å². The van der Waals surface area contributed by atoms with Crippen molar-refractivity contribution < 1.29 is 9.85 Å². The molecule has 2 aromatic rings. The highest BCUT2D eigenvalue weighted by atomic mass is 35.5. The van der Waals surface area contributed by atoms with Crippen molar-refractivity contribution in [2.24, 2.45) is 10.3 Å². The highest BCUT2D eigenvalue weighted by Crippen LogP contribution is 2.23. The number of benzene rings is 2. The minimum Gasteiger partial charge on any atom is -0.258 e. The Labute approximate surface area is 128 Å². The van der Waals surface area contributed by atoms with E-state index in [2.05, 4.69) is 10.3 Å². The second kappa shape index (κ2) is 6.59. The molecule has 0 fully saturated rings. The van der Waals surface area contributed by atoms with Crippen LogP contribution in [0.15, 0.2) is 58.9 Å². The number of nitrogens with zero attached hydrogens (tertiary/aromatic N) is 5. The third-order valence-electron chi connectivity index (χ3n) is 2.57. The van der Waals surface area contributed by atoms with Gasteiger partial charge in [-0.2, -0.15) is 4.53 Å². The van der Waals surface area contributed by atoms with Crippen molar-refractivity contribution >= 4 is 34.5 Å². The van der Waals surface area contributed by atoms with Gasteiger partial charge in [-0.15, -0.1) is 5.11 Å². The number of hydrogen-bond donors (Lipinski definition) is 0. The van der Waals surface area contributed by atoms with Gasteiger partial charge in [0.2, 0.25) is 0 Å². The smallest absolute Gasteiger partial charge is 0.258 e. The number of nitro benzene ring substituents is 2. The minimum absolute atomic E-state index is 0.0583. The van der Waals surface area contributed by atoms with Gasteiger partial charge >= 0.3 is 0 Å². The molecule has 9 nitrogen and oxygen atoms in total. The van der Waals surface area contributed by atoms with Crippen molar-refractivity contribution in [2.75, 3.05) is 4.53 Å². The second-order valence-electron chi connectivity index (χ2n) is 4.00. The second-order valence-corrected chi connectivity index (χ2v) is 4.32. The van der Waals surface area contributed by atoms with Crippen molar-refractivity contribution in [2.45, 2.75) is 0 Å². The van der Waals surface area contributed by atoms with Crippen LogP contribution in [0.2, 0.25) is 0 Å². The van der Waals surface area contributed by atoms with Gasteiger partial charge < -0.3 is 0 Å². The van der Waals surface area contributed by atoms with Crippen molar-refractivity contribution in [3.63, 3.8) is 0 Å². The van der Waals surface area contributed by atoms with E-state index in [4.69, 9.17) is 11.8 Å². The summed E-state index contributed by atoms with van der Waals surface area (Å²) in [5, 5.41) is 28.6. The molecule has 0 spiro atoms. The molecule has 0 heterocycles. The molecule has 0 amide bonds. The van der Waals surface area contributed by atoms with E-state index in [0.29, 0.717) is 11.4 Å². The van der Waals surface area contributed by atoms with Gasteiger partial charge in [-0.1, -0.05) is 0 Å². The molecule has 112 valence electrons.